The lowest BCUT2D eigenvalue weighted by Crippen LogP contribution is -2.46. The average molecular weight is 301 g/mol. The number of aromatic nitrogens is 2. The summed E-state index contributed by atoms with van der Waals surface area (Å²) in [5, 5.41) is 7.11. The van der Waals surface area contributed by atoms with Gasteiger partial charge in [-0.3, -0.25) is 0 Å². The van der Waals surface area contributed by atoms with Crippen LogP contribution in [0.4, 0.5) is 0 Å². The summed E-state index contributed by atoms with van der Waals surface area (Å²) in [5.74, 6) is 1.48. The van der Waals surface area contributed by atoms with Crippen LogP contribution in [0.3, 0.4) is 0 Å². The minimum Gasteiger partial charge on any atom is -0.378 e. The molecule has 2 unspecified atom stereocenters. The Morgan fingerprint density at radius 2 is 2.25 bits per heavy atom. The van der Waals surface area contributed by atoms with Crippen molar-refractivity contribution in [2.75, 3.05) is 24.7 Å². The molecular formula is C12H19N3O4S. The third-order valence-electron chi connectivity index (χ3n) is 3.67. The summed E-state index contributed by atoms with van der Waals surface area (Å²) in [4.78, 5) is 4.32. The van der Waals surface area contributed by atoms with E-state index in [9.17, 15) is 8.42 Å². The summed E-state index contributed by atoms with van der Waals surface area (Å²) < 4.78 is 33.9. The number of rotatable bonds is 4. The van der Waals surface area contributed by atoms with Crippen LogP contribution < -0.4 is 5.32 Å². The first-order valence-electron chi connectivity index (χ1n) is 6.97. The van der Waals surface area contributed by atoms with E-state index in [-0.39, 0.29) is 23.7 Å². The van der Waals surface area contributed by atoms with Crippen molar-refractivity contribution in [1.29, 1.82) is 0 Å². The molecular weight excluding hydrogens is 282 g/mol. The largest absolute Gasteiger partial charge is 0.378 e. The Bertz CT molecular complexity index is 551. The Morgan fingerprint density at radius 1 is 1.35 bits per heavy atom. The molecule has 0 bridgehead atoms. The van der Waals surface area contributed by atoms with Gasteiger partial charge in [-0.2, -0.15) is 4.98 Å². The average Bonchev–Trinajstić information content (AvgIpc) is 3.01. The van der Waals surface area contributed by atoms with Crippen LogP contribution in [0.2, 0.25) is 0 Å². The van der Waals surface area contributed by atoms with Crippen molar-refractivity contribution in [3.05, 3.63) is 11.7 Å². The summed E-state index contributed by atoms with van der Waals surface area (Å²) in [6.45, 7) is 1.29. The van der Waals surface area contributed by atoms with Gasteiger partial charge in [0.05, 0.1) is 17.6 Å². The van der Waals surface area contributed by atoms with Gasteiger partial charge in [0.15, 0.2) is 15.7 Å². The second-order valence-corrected chi connectivity index (χ2v) is 7.64. The second kappa shape index (κ2) is 5.79. The number of nitrogens with zero attached hydrogens (tertiary/aromatic N) is 2. The molecule has 0 aliphatic carbocycles. The van der Waals surface area contributed by atoms with Crippen molar-refractivity contribution in [1.82, 2.24) is 15.5 Å². The maximum absolute atomic E-state index is 11.6. The van der Waals surface area contributed by atoms with E-state index < -0.39 is 9.84 Å². The standard InChI is InChI=1S/C12H19N3O4S/c16-20(17)5-3-13-9(8-20)6-12-14-11(15-19-12)7-10-2-1-4-18-10/h9-10,13H,1-8H2. The molecule has 2 fully saturated rings. The number of hydrogen-bond donors (Lipinski definition) is 1. The molecule has 0 amide bonds. The molecule has 0 aromatic carbocycles. The first-order valence-corrected chi connectivity index (χ1v) is 8.80. The minimum absolute atomic E-state index is 0.134. The molecule has 0 radical (unpaired) electrons. The summed E-state index contributed by atoms with van der Waals surface area (Å²) >= 11 is 0. The fourth-order valence-electron chi connectivity index (χ4n) is 2.67. The van der Waals surface area contributed by atoms with E-state index in [1.54, 1.807) is 0 Å². The van der Waals surface area contributed by atoms with Gasteiger partial charge in [-0.05, 0) is 12.8 Å². The minimum atomic E-state index is -2.94. The molecule has 7 nitrogen and oxygen atoms in total. The number of nitrogens with one attached hydrogen (secondary N) is 1. The third kappa shape index (κ3) is 3.56. The zero-order valence-electron chi connectivity index (χ0n) is 11.2. The van der Waals surface area contributed by atoms with Gasteiger partial charge >= 0.3 is 0 Å². The van der Waals surface area contributed by atoms with Crippen LogP contribution in [-0.2, 0) is 27.4 Å². The van der Waals surface area contributed by atoms with Crippen molar-refractivity contribution in [3.63, 3.8) is 0 Å². The van der Waals surface area contributed by atoms with Crippen LogP contribution in [0.25, 0.3) is 0 Å². The van der Waals surface area contributed by atoms with E-state index in [1.165, 1.54) is 0 Å². The lowest BCUT2D eigenvalue weighted by molar-refractivity contribution is 0.109. The monoisotopic (exact) mass is 301 g/mol. The quantitative estimate of drug-likeness (QED) is 0.817. The van der Waals surface area contributed by atoms with E-state index in [4.69, 9.17) is 9.26 Å². The SMILES string of the molecule is O=S1(=O)CCNC(Cc2nc(CC3CCCO3)no2)C1. The Morgan fingerprint density at radius 3 is 3.00 bits per heavy atom. The van der Waals surface area contributed by atoms with Crippen molar-refractivity contribution in [2.24, 2.45) is 0 Å². The van der Waals surface area contributed by atoms with Crippen molar-refractivity contribution >= 4 is 9.84 Å². The smallest absolute Gasteiger partial charge is 0.228 e. The molecule has 8 heteroatoms. The van der Waals surface area contributed by atoms with Crippen molar-refractivity contribution in [3.8, 4) is 0 Å². The topological polar surface area (TPSA) is 94.3 Å². The highest BCUT2D eigenvalue weighted by Crippen LogP contribution is 2.16. The summed E-state index contributed by atoms with van der Waals surface area (Å²) in [6, 6.07) is -0.134. The van der Waals surface area contributed by atoms with Gasteiger partial charge in [0, 0.05) is 32.0 Å². The lowest BCUT2D eigenvalue weighted by atomic mass is 10.2. The van der Waals surface area contributed by atoms with Gasteiger partial charge in [0.1, 0.15) is 0 Å². The first kappa shape index (κ1) is 14.0. The fraction of sp³-hybridized carbons (Fsp3) is 0.833. The first-order chi connectivity index (χ1) is 9.61. The van der Waals surface area contributed by atoms with Crippen LogP contribution in [-0.4, -0.2) is 55.4 Å². The second-order valence-electron chi connectivity index (χ2n) is 5.41. The van der Waals surface area contributed by atoms with Gasteiger partial charge in [-0.1, -0.05) is 5.16 Å². The van der Waals surface area contributed by atoms with E-state index in [0.717, 1.165) is 19.4 Å². The van der Waals surface area contributed by atoms with Gasteiger partial charge in [0.25, 0.3) is 0 Å². The molecule has 2 aliphatic heterocycles. The molecule has 3 heterocycles. The molecule has 20 heavy (non-hydrogen) atoms. The van der Waals surface area contributed by atoms with Gasteiger partial charge in [0.2, 0.25) is 5.89 Å². The van der Waals surface area contributed by atoms with Crippen LogP contribution >= 0.6 is 0 Å². The molecule has 2 atom stereocenters. The van der Waals surface area contributed by atoms with Gasteiger partial charge in [-0.15, -0.1) is 0 Å². The highest BCUT2D eigenvalue weighted by atomic mass is 32.2. The number of sulfone groups is 1. The number of ether oxygens (including phenoxy) is 1. The molecule has 1 aromatic rings. The van der Waals surface area contributed by atoms with E-state index in [0.29, 0.717) is 31.1 Å². The summed E-state index contributed by atoms with van der Waals surface area (Å²) in [7, 11) is -2.94. The van der Waals surface area contributed by atoms with Crippen LogP contribution in [0.15, 0.2) is 4.52 Å². The molecule has 0 saturated carbocycles. The molecule has 3 rings (SSSR count). The summed E-state index contributed by atoms with van der Waals surface area (Å²) in [5.41, 5.74) is 0. The third-order valence-corrected chi connectivity index (χ3v) is 5.40. The normalized spacial score (nSPS) is 29.6. The number of hydrogen-bond acceptors (Lipinski definition) is 7. The molecule has 1 N–H and O–H groups in total. The zero-order chi connectivity index (χ0) is 14.0. The van der Waals surface area contributed by atoms with Crippen LogP contribution in [0.5, 0.6) is 0 Å². The summed E-state index contributed by atoms with van der Waals surface area (Å²) in [6.07, 6.45) is 3.43. The van der Waals surface area contributed by atoms with Crippen molar-refractivity contribution in [2.45, 2.75) is 37.8 Å². The Balaban J connectivity index is 1.56. The highest BCUT2D eigenvalue weighted by Gasteiger charge is 2.26. The zero-order valence-corrected chi connectivity index (χ0v) is 12.1. The molecule has 2 saturated heterocycles. The molecule has 1 aromatic heterocycles. The Hall–Kier alpha value is -0.990. The van der Waals surface area contributed by atoms with E-state index >= 15 is 0 Å². The lowest BCUT2D eigenvalue weighted by Gasteiger charge is -2.21. The molecule has 112 valence electrons. The van der Waals surface area contributed by atoms with Crippen molar-refractivity contribution < 1.29 is 17.7 Å². The van der Waals surface area contributed by atoms with E-state index in [1.807, 2.05) is 0 Å². The van der Waals surface area contributed by atoms with Crippen LogP contribution in [0, 0.1) is 0 Å². The maximum Gasteiger partial charge on any atom is 0.228 e. The Kier molecular flexibility index (Phi) is 4.04. The molecule has 0 spiro atoms. The van der Waals surface area contributed by atoms with Gasteiger partial charge < -0.3 is 14.6 Å². The van der Waals surface area contributed by atoms with E-state index in [2.05, 4.69) is 15.5 Å². The van der Waals surface area contributed by atoms with Gasteiger partial charge in [-0.25, -0.2) is 8.42 Å². The predicted molar refractivity (Wildman–Crippen MR) is 71.1 cm³/mol. The Labute approximate surface area is 118 Å². The maximum atomic E-state index is 11.6. The fourth-order valence-corrected chi connectivity index (χ4v) is 4.12. The predicted octanol–water partition coefficient (Wildman–Crippen LogP) is -0.280. The highest BCUT2D eigenvalue weighted by molar-refractivity contribution is 7.91. The van der Waals surface area contributed by atoms with Crippen LogP contribution in [0.1, 0.15) is 24.6 Å². The molecule has 2 aliphatic rings.